The van der Waals surface area contributed by atoms with Crippen LogP contribution in [0.4, 0.5) is 5.69 Å². The first-order valence-corrected chi connectivity index (χ1v) is 7.76. The molecule has 0 aliphatic carbocycles. The first kappa shape index (κ1) is 13.5. The van der Waals surface area contributed by atoms with E-state index in [2.05, 4.69) is 23.8 Å². The first-order valence-electron chi connectivity index (χ1n) is 6.50. The second-order valence-electron chi connectivity index (χ2n) is 5.19. The summed E-state index contributed by atoms with van der Waals surface area (Å²) in [7, 11) is 0. The number of halogens is 1. The van der Waals surface area contributed by atoms with Crippen molar-refractivity contribution in [2.45, 2.75) is 26.8 Å². The predicted octanol–water partition coefficient (Wildman–Crippen LogP) is 4.89. The molecule has 0 bridgehead atoms. The standard InChI is InChI=1S/C15H16ClN3S/c1-8(2)19-12-6-10(16)4-5-11(12)18-15(19)14-13(17)9(3)7-20-14/h4-8H,17H2,1-3H3. The van der Waals surface area contributed by atoms with Gasteiger partial charge in [-0.3, -0.25) is 0 Å². The summed E-state index contributed by atoms with van der Waals surface area (Å²) < 4.78 is 2.20. The molecule has 3 rings (SSSR count). The molecule has 5 heteroatoms. The van der Waals surface area contributed by atoms with Crippen molar-refractivity contribution in [2.75, 3.05) is 5.73 Å². The number of benzene rings is 1. The lowest BCUT2D eigenvalue weighted by Crippen LogP contribution is -2.03. The molecule has 20 heavy (non-hydrogen) atoms. The van der Waals surface area contributed by atoms with Crippen molar-refractivity contribution in [3.05, 3.63) is 34.2 Å². The normalized spacial score (nSPS) is 11.7. The maximum absolute atomic E-state index is 6.19. The summed E-state index contributed by atoms with van der Waals surface area (Å²) in [6, 6.07) is 6.07. The number of fused-ring (bicyclic) bond motifs is 1. The highest BCUT2D eigenvalue weighted by Gasteiger charge is 2.19. The smallest absolute Gasteiger partial charge is 0.153 e. The van der Waals surface area contributed by atoms with Crippen LogP contribution in [0.1, 0.15) is 25.5 Å². The summed E-state index contributed by atoms with van der Waals surface area (Å²) in [4.78, 5) is 5.79. The minimum absolute atomic E-state index is 0.287. The molecular weight excluding hydrogens is 290 g/mol. The van der Waals surface area contributed by atoms with Gasteiger partial charge in [-0.2, -0.15) is 0 Å². The molecule has 0 saturated carbocycles. The van der Waals surface area contributed by atoms with Crippen molar-refractivity contribution >= 4 is 39.7 Å². The molecule has 3 aromatic rings. The Kier molecular flexibility index (Phi) is 3.22. The number of hydrogen-bond acceptors (Lipinski definition) is 3. The number of hydrogen-bond donors (Lipinski definition) is 1. The molecule has 104 valence electrons. The monoisotopic (exact) mass is 305 g/mol. The fraction of sp³-hybridized carbons (Fsp3) is 0.267. The molecule has 0 atom stereocenters. The molecule has 0 radical (unpaired) electrons. The van der Waals surface area contributed by atoms with Crippen LogP contribution in [-0.4, -0.2) is 9.55 Å². The van der Waals surface area contributed by atoms with Crippen LogP contribution in [-0.2, 0) is 0 Å². The lowest BCUT2D eigenvalue weighted by Gasteiger charge is -2.12. The van der Waals surface area contributed by atoms with Gasteiger partial charge in [-0.1, -0.05) is 11.6 Å². The molecule has 0 saturated heterocycles. The number of aryl methyl sites for hydroxylation is 1. The molecule has 0 fully saturated rings. The SMILES string of the molecule is Cc1csc(-c2nc3ccc(Cl)cc3n2C(C)C)c1N. The highest BCUT2D eigenvalue weighted by atomic mass is 35.5. The molecule has 2 N–H and O–H groups in total. The number of thiophene rings is 1. The van der Waals surface area contributed by atoms with Gasteiger partial charge in [-0.05, 0) is 49.9 Å². The van der Waals surface area contributed by atoms with Gasteiger partial charge in [0.05, 0.1) is 21.6 Å². The minimum Gasteiger partial charge on any atom is -0.397 e. The van der Waals surface area contributed by atoms with Crippen molar-refractivity contribution in [3.8, 4) is 10.7 Å². The van der Waals surface area contributed by atoms with E-state index in [1.807, 2.05) is 25.1 Å². The van der Waals surface area contributed by atoms with Crippen molar-refractivity contribution in [2.24, 2.45) is 0 Å². The van der Waals surface area contributed by atoms with Crippen LogP contribution < -0.4 is 5.73 Å². The predicted molar refractivity (Wildman–Crippen MR) is 87.6 cm³/mol. The van der Waals surface area contributed by atoms with Crippen LogP contribution in [0.15, 0.2) is 23.6 Å². The van der Waals surface area contributed by atoms with E-state index in [1.165, 1.54) is 0 Å². The van der Waals surface area contributed by atoms with Crippen molar-refractivity contribution in [3.63, 3.8) is 0 Å². The molecule has 2 heterocycles. The summed E-state index contributed by atoms with van der Waals surface area (Å²) in [5, 5.41) is 2.79. The zero-order valence-electron chi connectivity index (χ0n) is 11.6. The minimum atomic E-state index is 0.287. The first-order chi connectivity index (χ1) is 9.49. The van der Waals surface area contributed by atoms with Crippen molar-refractivity contribution in [1.29, 1.82) is 0 Å². The molecular formula is C15H16ClN3S. The second kappa shape index (κ2) is 4.79. The lowest BCUT2D eigenvalue weighted by molar-refractivity contribution is 0.625. The van der Waals surface area contributed by atoms with E-state index in [1.54, 1.807) is 11.3 Å². The third-order valence-electron chi connectivity index (χ3n) is 3.39. The molecule has 0 amide bonds. The van der Waals surface area contributed by atoms with E-state index in [0.29, 0.717) is 0 Å². The van der Waals surface area contributed by atoms with Gasteiger partial charge in [0.2, 0.25) is 0 Å². The Labute approximate surface area is 127 Å². The number of aromatic nitrogens is 2. The Balaban J connectivity index is 2.35. The number of imidazole rings is 1. The number of rotatable bonds is 2. The van der Waals surface area contributed by atoms with Crippen LogP contribution in [0.2, 0.25) is 5.02 Å². The third-order valence-corrected chi connectivity index (χ3v) is 4.74. The van der Waals surface area contributed by atoms with Crippen LogP contribution >= 0.6 is 22.9 Å². The maximum Gasteiger partial charge on any atom is 0.153 e. The zero-order valence-corrected chi connectivity index (χ0v) is 13.2. The summed E-state index contributed by atoms with van der Waals surface area (Å²) in [6.45, 7) is 6.30. The number of anilines is 1. The maximum atomic E-state index is 6.19. The van der Waals surface area contributed by atoms with Crippen LogP contribution in [0, 0.1) is 6.92 Å². The molecule has 0 aliphatic heterocycles. The number of nitrogens with two attached hydrogens (primary N) is 1. The molecule has 3 nitrogen and oxygen atoms in total. The Hall–Kier alpha value is -1.52. The van der Waals surface area contributed by atoms with Gasteiger partial charge >= 0.3 is 0 Å². The summed E-state index contributed by atoms with van der Waals surface area (Å²) >= 11 is 7.76. The topological polar surface area (TPSA) is 43.8 Å². The van der Waals surface area contributed by atoms with E-state index in [4.69, 9.17) is 22.3 Å². The van der Waals surface area contributed by atoms with Gasteiger partial charge in [0.25, 0.3) is 0 Å². The third kappa shape index (κ3) is 2.00. The van der Waals surface area contributed by atoms with Crippen LogP contribution in [0.3, 0.4) is 0 Å². The van der Waals surface area contributed by atoms with Gasteiger partial charge in [0.15, 0.2) is 5.82 Å². The quantitative estimate of drug-likeness (QED) is 0.732. The summed E-state index contributed by atoms with van der Waals surface area (Å²) in [5.41, 5.74) is 10.1. The molecule has 1 aromatic carbocycles. The number of nitrogen functional groups attached to an aromatic ring is 1. The Morgan fingerprint density at radius 1 is 1.35 bits per heavy atom. The van der Waals surface area contributed by atoms with Crippen molar-refractivity contribution < 1.29 is 0 Å². The van der Waals surface area contributed by atoms with Gasteiger partial charge in [0.1, 0.15) is 0 Å². The zero-order chi connectivity index (χ0) is 14.4. The van der Waals surface area contributed by atoms with E-state index in [9.17, 15) is 0 Å². The van der Waals surface area contributed by atoms with Crippen molar-refractivity contribution in [1.82, 2.24) is 9.55 Å². The fourth-order valence-electron chi connectivity index (χ4n) is 2.38. The largest absolute Gasteiger partial charge is 0.397 e. The highest BCUT2D eigenvalue weighted by molar-refractivity contribution is 7.14. The lowest BCUT2D eigenvalue weighted by atomic mass is 10.2. The number of nitrogens with zero attached hydrogens (tertiary/aromatic N) is 2. The van der Waals surface area contributed by atoms with Crippen LogP contribution in [0.5, 0.6) is 0 Å². The average Bonchev–Trinajstić information content (AvgIpc) is 2.91. The van der Waals surface area contributed by atoms with Gasteiger partial charge in [0, 0.05) is 11.1 Å². The molecule has 0 aliphatic rings. The summed E-state index contributed by atoms with van der Waals surface area (Å²) in [5.74, 6) is 0.924. The Morgan fingerprint density at radius 2 is 2.10 bits per heavy atom. The molecule has 0 spiro atoms. The Bertz CT molecular complexity index is 786. The van der Waals surface area contributed by atoms with Crippen LogP contribution in [0.25, 0.3) is 21.7 Å². The second-order valence-corrected chi connectivity index (χ2v) is 6.51. The van der Waals surface area contributed by atoms with Gasteiger partial charge in [-0.25, -0.2) is 4.98 Å². The van der Waals surface area contributed by atoms with E-state index < -0.39 is 0 Å². The summed E-state index contributed by atoms with van der Waals surface area (Å²) in [6.07, 6.45) is 0. The molecule has 0 unspecified atom stereocenters. The van der Waals surface area contributed by atoms with E-state index in [0.717, 1.165) is 38.0 Å². The van der Waals surface area contributed by atoms with E-state index >= 15 is 0 Å². The van der Waals surface area contributed by atoms with E-state index in [-0.39, 0.29) is 6.04 Å². The highest BCUT2D eigenvalue weighted by Crippen LogP contribution is 2.37. The van der Waals surface area contributed by atoms with Gasteiger partial charge in [-0.15, -0.1) is 11.3 Å². The molecule has 2 aromatic heterocycles. The Morgan fingerprint density at radius 3 is 2.70 bits per heavy atom. The average molecular weight is 306 g/mol. The van der Waals surface area contributed by atoms with Gasteiger partial charge < -0.3 is 10.3 Å². The fourth-order valence-corrected chi connectivity index (χ4v) is 3.50.